The first-order valence-electron chi connectivity index (χ1n) is 7.39. The van der Waals surface area contributed by atoms with Crippen molar-refractivity contribution in [3.63, 3.8) is 0 Å². The third kappa shape index (κ3) is 1.86. The second-order valence-electron chi connectivity index (χ2n) is 5.74. The van der Waals surface area contributed by atoms with Gasteiger partial charge in [0.25, 0.3) is 0 Å². The van der Waals surface area contributed by atoms with E-state index >= 15 is 0 Å². The van der Waals surface area contributed by atoms with E-state index in [2.05, 4.69) is 40.5 Å². The van der Waals surface area contributed by atoms with Gasteiger partial charge in [0.05, 0.1) is 5.39 Å². The van der Waals surface area contributed by atoms with Crippen LogP contribution in [0.3, 0.4) is 0 Å². The lowest BCUT2D eigenvalue weighted by Crippen LogP contribution is -2.45. The molecule has 1 fully saturated rings. The van der Waals surface area contributed by atoms with Crippen LogP contribution >= 0.6 is 23.1 Å². The molecule has 0 bridgehead atoms. The molecule has 2 unspecified atom stereocenters. The van der Waals surface area contributed by atoms with Crippen LogP contribution in [0.4, 0.5) is 5.82 Å². The molecule has 0 saturated carbocycles. The molecule has 1 saturated heterocycles. The minimum atomic E-state index is 0.545. The Hall–Kier alpha value is -0.810. The first-order valence-corrected chi connectivity index (χ1v) is 9.25. The molecule has 0 aromatic carbocycles. The molecule has 0 N–H and O–H groups in total. The number of rotatable bonds is 1. The van der Waals surface area contributed by atoms with Gasteiger partial charge in [-0.3, -0.25) is 0 Å². The molecule has 20 heavy (non-hydrogen) atoms. The first kappa shape index (κ1) is 12.9. The Morgan fingerprint density at radius 3 is 3.05 bits per heavy atom. The van der Waals surface area contributed by atoms with Crippen molar-refractivity contribution >= 4 is 39.1 Å². The summed E-state index contributed by atoms with van der Waals surface area (Å²) < 4.78 is 0. The van der Waals surface area contributed by atoms with Gasteiger partial charge in [0.1, 0.15) is 17.0 Å². The van der Waals surface area contributed by atoms with Crippen LogP contribution in [-0.2, 0) is 12.8 Å². The maximum absolute atomic E-state index is 4.68. The normalized spacial score (nSPS) is 26.2. The van der Waals surface area contributed by atoms with Gasteiger partial charge in [-0.1, -0.05) is 6.92 Å². The fourth-order valence-electron chi connectivity index (χ4n) is 3.36. The third-order valence-electron chi connectivity index (χ3n) is 4.64. The van der Waals surface area contributed by atoms with E-state index < -0.39 is 0 Å². The summed E-state index contributed by atoms with van der Waals surface area (Å²) in [5.74, 6) is 2.39. The van der Waals surface area contributed by atoms with Crippen LogP contribution in [0, 0.1) is 0 Å². The van der Waals surface area contributed by atoms with Gasteiger partial charge in [-0.05, 0) is 31.7 Å². The number of anilines is 1. The number of hydrogen-bond donors (Lipinski definition) is 0. The van der Waals surface area contributed by atoms with E-state index in [0.29, 0.717) is 11.3 Å². The summed E-state index contributed by atoms with van der Waals surface area (Å²) in [6, 6.07) is 0.545. The van der Waals surface area contributed by atoms with Crippen molar-refractivity contribution in [3.05, 3.63) is 16.8 Å². The van der Waals surface area contributed by atoms with Crippen molar-refractivity contribution in [2.24, 2.45) is 0 Å². The molecule has 0 amide bonds. The van der Waals surface area contributed by atoms with Crippen molar-refractivity contribution in [1.29, 1.82) is 0 Å². The summed E-state index contributed by atoms with van der Waals surface area (Å²) in [7, 11) is 0. The molecular weight excluding hydrogens is 286 g/mol. The SMILES string of the molecule is CC1SCCN(c2ncnc3sc4c(c23)CCC4)C1C. The topological polar surface area (TPSA) is 29.0 Å². The molecule has 3 nitrogen and oxygen atoms in total. The quantitative estimate of drug-likeness (QED) is 0.806. The molecule has 106 valence electrons. The van der Waals surface area contributed by atoms with Crippen molar-refractivity contribution < 1.29 is 0 Å². The third-order valence-corrected chi connectivity index (χ3v) is 7.18. The van der Waals surface area contributed by atoms with Gasteiger partial charge in [0.15, 0.2) is 0 Å². The predicted octanol–water partition coefficient (Wildman–Crippen LogP) is 3.51. The lowest BCUT2D eigenvalue weighted by molar-refractivity contribution is 0.622. The van der Waals surface area contributed by atoms with E-state index in [-0.39, 0.29) is 0 Å². The van der Waals surface area contributed by atoms with E-state index in [0.717, 1.165) is 6.54 Å². The summed E-state index contributed by atoms with van der Waals surface area (Å²) in [6.45, 7) is 5.77. The highest BCUT2D eigenvalue weighted by atomic mass is 32.2. The largest absolute Gasteiger partial charge is 0.351 e. The molecule has 3 heterocycles. The fourth-order valence-corrected chi connectivity index (χ4v) is 5.68. The Bertz CT molecular complexity index is 652. The Kier molecular flexibility index (Phi) is 3.15. The van der Waals surface area contributed by atoms with Crippen molar-refractivity contribution in [1.82, 2.24) is 9.97 Å². The summed E-state index contributed by atoms with van der Waals surface area (Å²) in [5.41, 5.74) is 1.54. The predicted molar refractivity (Wildman–Crippen MR) is 88.2 cm³/mol. The number of aryl methyl sites for hydroxylation is 2. The number of thioether (sulfide) groups is 1. The number of aromatic nitrogens is 2. The zero-order valence-corrected chi connectivity index (χ0v) is 13.6. The Balaban J connectivity index is 1.87. The monoisotopic (exact) mass is 305 g/mol. The minimum Gasteiger partial charge on any atom is -0.351 e. The number of thiophene rings is 1. The standard InChI is InChI=1S/C15H19N3S2/c1-9-10(2)19-7-6-18(9)14-13-11-4-3-5-12(11)20-15(13)17-8-16-14/h8-10H,3-7H2,1-2H3. The maximum Gasteiger partial charge on any atom is 0.141 e. The molecular formula is C15H19N3S2. The zero-order valence-electron chi connectivity index (χ0n) is 11.9. The molecule has 2 aromatic rings. The second-order valence-corrected chi connectivity index (χ2v) is 8.31. The molecule has 0 radical (unpaired) electrons. The second kappa shape index (κ2) is 4.88. The molecule has 0 spiro atoms. The van der Waals surface area contributed by atoms with Gasteiger partial charge in [0, 0.05) is 28.5 Å². The van der Waals surface area contributed by atoms with Crippen LogP contribution in [0.5, 0.6) is 0 Å². The highest BCUT2D eigenvalue weighted by Crippen LogP contribution is 2.41. The average molecular weight is 305 g/mol. The highest BCUT2D eigenvalue weighted by Gasteiger charge is 2.30. The lowest BCUT2D eigenvalue weighted by Gasteiger charge is -2.38. The van der Waals surface area contributed by atoms with E-state index in [9.17, 15) is 0 Å². The van der Waals surface area contributed by atoms with Gasteiger partial charge >= 0.3 is 0 Å². The van der Waals surface area contributed by atoms with Crippen LogP contribution in [0.25, 0.3) is 10.2 Å². The summed E-state index contributed by atoms with van der Waals surface area (Å²) in [6.07, 6.45) is 5.50. The summed E-state index contributed by atoms with van der Waals surface area (Å²) in [5, 5.41) is 2.02. The van der Waals surface area contributed by atoms with Crippen LogP contribution in [0.15, 0.2) is 6.33 Å². The van der Waals surface area contributed by atoms with Gasteiger partial charge < -0.3 is 4.90 Å². The number of fused-ring (bicyclic) bond motifs is 3. The van der Waals surface area contributed by atoms with Gasteiger partial charge in [-0.2, -0.15) is 11.8 Å². The van der Waals surface area contributed by atoms with Crippen LogP contribution in [-0.4, -0.2) is 33.6 Å². The molecule has 1 aliphatic heterocycles. The molecule has 2 aliphatic rings. The molecule has 2 aromatic heterocycles. The molecule has 1 aliphatic carbocycles. The van der Waals surface area contributed by atoms with E-state index in [1.165, 1.54) is 41.0 Å². The van der Waals surface area contributed by atoms with Crippen molar-refractivity contribution in [2.75, 3.05) is 17.2 Å². The van der Waals surface area contributed by atoms with Crippen LogP contribution < -0.4 is 4.90 Å². The lowest BCUT2D eigenvalue weighted by atomic mass is 10.1. The first-order chi connectivity index (χ1) is 9.75. The average Bonchev–Trinajstić information content (AvgIpc) is 3.01. The van der Waals surface area contributed by atoms with Gasteiger partial charge in [-0.15, -0.1) is 11.3 Å². The molecule has 2 atom stereocenters. The molecule has 5 heteroatoms. The zero-order chi connectivity index (χ0) is 13.7. The van der Waals surface area contributed by atoms with E-state index in [1.54, 1.807) is 16.8 Å². The summed E-state index contributed by atoms with van der Waals surface area (Å²) >= 11 is 3.96. The maximum atomic E-state index is 4.68. The van der Waals surface area contributed by atoms with E-state index in [4.69, 9.17) is 0 Å². The smallest absolute Gasteiger partial charge is 0.141 e. The van der Waals surface area contributed by atoms with Gasteiger partial charge in [0.2, 0.25) is 0 Å². The Morgan fingerprint density at radius 1 is 1.25 bits per heavy atom. The molecule has 4 rings (SSSR count). The van der Waals surface area contributed by atoms with Gasteiger partial charge in [-0.25, -0.2) is 9.97 Å². The minimum absolute atomic E-state index is 0.545. The fraction of sp³-hybridized carbons (Fsp3) is 0.600. The Morgan fingerprint density at radius 2 is 2.15 bits per heavy atom. The van der Waals surface area contributed by atoms with Crippen molar-refractivity contribution in [3.8, 4) is 0 Å². The van der Waals surface area contributed by atoms with Crippen molar-refractivity contribution in [2.45, 2.75) is 44.4 Å². The van der Waals surface area contributed by atoms with Crippen LogP contribution in [0.1, 0.15) is 30.7 Å². The van der Waals surface area contributed by atoms with E-state index in [1.807, 2.05) is 11.3 Å². The summed E-state index contributed by atoms with van der Waals surface area (Å²) in [4.78, 5) is 14.4. The van der Waals surface area contributed by atoms with Crippen LogP contribution in [0.2, 0.25) is 0 Å². The Labute approximate surface area is 127 Å². The number of nitrogens with zero attached hydrogens (tertiary/aromatic N) is 3. The number of hydrogen-bond acceptors (Lipinski definition) is 5. The highest BCUT2D eigenvalue weighted by molar-refractivity contribution is 8.00.